The van der Waals surface area contributed by atoms with Gasteiger partial charge in [-0.3, -0.25) is 0 Å². The maximum Gasteiger partial charge on any atom is 0.0337 e. The minimum atomic E-state index is 0.487. The van der Waals surface area contributed by atoms with Crippen LogP contribution in [0.3, 0.4) is 0 Å². The van der Waals surface area contributed by atoms with Crippen molar-refractivity contribution in [3.8, 4) is 0 Å². The predicted octanol–water partition coefficient (Wildman–Crippen LogP) is 1.63. The number of hydrogen-bond donors (Lipinski definition) is 1. The van der Waals surface area contributed by atoms with Crippen molar-refractivity contribution in [2.75, 3.05) is 6.54 Å². The fraction of sp³-hybridized carbons (Fsp3) is 0.556. The largest absolute Gasteiger partial charge is 0.384 e. The molecule has 0 bridgehead atoms. The minimum absolute atomic E-state index is 0.487. The van der Waals surface area contributed by atoms with E-state index in [1.165, 1.54) is 18.5 Å². The monoisotopic (exact) mass is 134 g/mol. The number of nitrogens with one attached hydrogen (secondary N) is 1. The average molecular weight is 134 g/mol. The molecule has 53 valence electrons. The van der Waals surface area contributed by atoms with Crippen molar-refractivity contribution in [2.24, 2.45) is 5.41 Å². The molecule has 0 aromatic rings. The molecule has 1 heteroatoms. The highest BCUT2D eigenvalue weighted by molar-refractivity contribution is 5.24. The van der Waals surface area contributed by atoms with Gasteiger partial charge in [0.25, 0.3) is 0 Å². The summed E-state index contributed by atoms with van der Waals surface area (Å²) in [5.41, 5.74) is 1.87. The number of hydrogen-bond acceptors (Lipinski definition) is 1. The Bertz CT molecular complexity index is 197. The van der Waals surface area contributed by atoms with E-state index in [-0.39, 0.29) is 0 Å². The molecule has 0 aromatic heterocycles. The Morgan fingerprint density at radius 1 is 1.60 bits per heavy atom. The van der Waals surface area contributed by atoms with Crippen molar-refractivity contribution in [3.05, 3.63) is 23.9 Å². The van der Waals surface area contributed by atoms with Gasteiger partial charge in [0, 0.05) is 17.7 Å². The molecule has 2 aliphatic rings. The molecule has 0 aromatic carbocycles. The van der Waals surface area contributed by atoms with Gasteiger partial charge in [0.05, 0.1) is 0 Å². The Balaban J connectivity index is 2.16. The normalized spacial score (nSPS) is 27.1. The Morgan fingerprint density at radius 2 is 2.40 bits per heavy atom. The van der Waals surface area contributed by atoms with E-state index in [0.29, 0.717) is 5.41 Å². The maximum absolute atomic E-state index is 3.36. The van der Waals surface area contributed by atoms with E-state index >= 15 is 0 Å². The maximum atomic E-state index is 3.36. The van der Waals surface area contributed by atoms with Gasteiger partial charge in [-0.05, 0) is 25.0 Å². The first-order valence-corrected chi connectivity index (χ1v) is 3.83. The van der Waals surface area contributed by atoms with Gasteiger partial charge < -0.3 is 5.32 Å². The molecule has 1 heterocycles. The molecule has 1 fully saturated rings. The fourth-order valence-corrected chi connectivity index (χ4v) is 1.26. The van der Waals surface area contributed by atoms with Crippen LogP contribution in [0, 0.1) is 11.5 Å². The van der Waals surface area contributed by atoms with Crippen LogP contribution in [0.15, 0.2) is 17.8 Å². The van der Waals surface area contributed by atoms with Crippen LogP contribution in [0.4, 0.5) is 0 Å². The summed E-state index contributed by atoms with van der Waals surface area (Å²) in [6.45, 7) is 3.26. The van der Waals surface area contributed by atoms with Crippen LogP contribution in [-0.4, -0.2) is 6.54 Å². The molecule has 0 spiro atoms. The smallest absolute Gasteiger partial charge is 0.0337 e. The summed E-state index contributed by atoms with van der Waals surface area (Å²) < 4.78 is 0. The topological polar surface area (TPSA) is 12.0 Å². The highest BCUT2D eigenvalue weighted by Gasteiger charge is 2.40. The third-order valence-corrected chi connectivity index (χ3v) is 2.39. The van der Waals surface area contributed by atoms with Crippen molar-refractivity contribution in [3.63, 3.8) is 0 Å². The Morgan fingerprint density at radius 3 is 2.90 bits per heavy atom. The lowest BCUT2D eigenvalue weighted by molar-refractivity contribution is 0.613. The third-order valence-electron chi connectivity index (χ3n) is 2.39. The molecule has 1 nitrogen and oxygen atoms in total. The summed E-state index contributed by atoms with van der Waals surface area (Å²) in [5.74, 6) is 0. The van der Waals surface area contributed by atoms with Gasteiger partial charge in [-0.25, -0.2) is 0 Å². The zero-order valence-electron chi connectivity index (χ0n) is 6.28. The standard InChI is InChI=1S/C9H12N/c1-9(5-6-9)8-4-2-3-7-10-8/h3-4,10H,5-7H2,1H3. The predicted molar refractivity (Wildman–Crippen MR) is 41.2 cm³/mol. The summed E-state index contributed by atoms with van der Waals surface area (Å²) in [5, 5.41) is 3.36. The number of rotatable bonds is 1. The van der Waals surface area contributed by atoms with E-state index < -0.39 is 0 Å². The van der Waals surface area contributed by atoms with Crippen LogP contribution in [-0.2, 0) is 0 Å². The molecular formula is C9H12N. The second-order valence-electron chi connectivity index (χ2n) is 3.37. The zero-order chi connectivity index (χ0) is 7.03. The highest BCUT2D eigenvalue weighted by Crippen LogP contribution is 2.50. The molecule has 0 saturated heterocycles. The van der Waals surface area contributed by atoms with Gasteiger partial charge in [0.1, 0.15) is 0 Å². The molecule has 1 aliphatic carbocycles. The van der Waals surface area contributed by atoms with E-state index in [1.807, 2.05) is 6.08 Å². The first-order valence-electron chi connectivity index (χ1n) is 3.83. The molecule has 1 saturated carbocycles. The minimum Gasteiger partial charge on any atom is -0.384 e. The molecule has 1 aliphatic heterocycles. The molecule has 10 heavy (non-hydrogen) atoms. The first-order chi connectivity index (χ1) is 4.81. The van der Waals surface area contributed by atoms with Crippen LogP contribution in [0.25, 0.3) is 0 Å². The first kappa shape index (κ1) is 6.02. The lowest BCUT2D eigenvalue weighted by Gasteiger charge is -2.17. The van der Waals surface area contributed by atoms with E-state index in [9.17, 15) is 0 Å². The van der Waals surface area contributed by atoms with Crippen LogP contribution in [0.5, 0.6) is 0 Å². The van der Waals surface area contributed by atoms with Crippen molar-refractivity contribution in [1.82, 2.24) is 5.32 Å². The van der Waals surface area contributed by atoms with Gasteiger partial charge in [-0.2, -0.15) is 0 Å². The van der Waals surface area contributed by atoms with Crippen molar-refractivity contribution in [1.29, 1.82) is 0 Å². The number of allylic oxidation sites excluding steroid dienone is 3. The molecule has 1 radical (unpaired) electrons. The van der Waals surface area contributed by atoms with Gasteiger partial charge in [-0.1, -0.05) is 13.0 Å². The van der Waals surface area contributed by atoms with Gasteiger partial charge >= 0.3 is 0 Å². The summed E-state index contributed by atoms with van der Waals surface area (Å²) in [7, 11) is 0. The summed E-state index contributed by atoms with van der Waals surface area (Å²) in [6, 6.07) is 0. The number of dihydropyridines is 1. The van der Waals surface area contributed by atoms with E-state index in [4.69, 9.17) is 0 Å². The molecule has 0 amide bonds. The van der Waals surface area contributed by atoms with Crippen molar-refractivity contribution >= 4 is 0 Å². The summed E-state index contributed by atoms with van der Waals surface area (Å²) in [4.78, 5) is 0. The Hall–Kier alpha value is -0.720. The lowest BCUT2D eigenvalue weighted by Crippen LogP contribution is -2.21. The average Bonchev–Trinajstić information content (AvgIpc) is 2.72. The third kappa shape index (κ3) is 0.859. The molecule has 2 rings (SSSR count). The quantitative estimate of drug-likeness (QED) is 0.574. The Labute approximate surface area is 61.8 Å². The highest BCUT2D eigenvalue weighted by atomic mass is 14.9. The van der Waals surface area contributed by atoms with E-state index in [2.05, 4.69) is 24.4 Å². The summed E-state index contributed by atoms with van der Waals surface area (Å²) in [6.07, 6.45) is 9.92. The molecule has 0 unspecified atom stereocenters. The van der Waals surface area contributed by atoms with Crippen molar-refractivity contribution in [2.45, 2.75) is 19.8 Å². The Kier molecular flexibility index (Phi) is 1.13. The molecule has 1 N–H and O–H groups in total. The zero-order valence-corrected chi connectivity index (χ0v) is 6.28. The SMILES string of the molecule is CC1(C2=C[C]=CCN2)CC1. The van der Waals surface area contributed by atoms with Gasteiger partial charge in [-0.15, -0.1) is 0 Å². The van der Waals surface area contributed by atoms with Crippen LogP contribution >= 0.6 is 0 Å². The second kappa shape index (κ2) is 1.88. The molecule has 0 atom stereocenters. The molecular weight excluding hydrogens is 122 g/mol. The second-order valence-corrected chi connectivity index (χ2v) is 3.37. The lowest BCUT2D eigenvalue weighted by atomic mass is 10.0. The van der Waals surface area contributed by atoms with Crippen molar-refractivity contribution < 1.29 is 0 Å². The van der Waals surface area contributed by atoms with Crippen LogP contribution in [0.1, 0.15) is 19.8 Å². The fourth-order valence-electron chi connectivity index (χ4n) is 1.26. The van der Waals surface area contributed by atoms with E-state index in [1.54, 1.807) is 0 Å². The van der Waals surface area contributed by atoms with Crippen LogP contribution < -0.4 is 5.32 Å². The van der Waals surface area contributed by atoms with Gasteiger partial charge in [0.15, 0.2) is 0 Å². The summed E-state index contributed by atoms with van der Waals surface area (Å²) >= 11 is 0. The van der Waals surface area contributed by atoms with Crippen LogP contribution in [0.2, 0.25) is 0 Å². The van der Waals surface area contributed by atoms with E-state index in [0.717, 1.165) is 6.54 Å². The van der Waals surface area contributed by atoms with Gasteiger partial charge in [0.2, 0.25) is 0 Å².